The monoisotopic (exact) mass is 426 g/mol. The van der Waals surface area contributed by atoms with Gasteiger partial charge in [0.05, 0.1) is 24.7 Å². The summed E-state index contributed by atoms with van der Waals surface area (Å²) < 4.78 is 5.86. The first kappa shape index (κ1) is 20.5. The van der Waals surface area contributed by atoms with Crippen LogP contribution in [0, 0.1) is 0 Å². The second-order valence-corrected chi connectivity index (χ2v) is 9.07. The van der Waals surface area contributed by atoms with Gasteiger partial charge in [0.1, 0.15) is 17.4 Å². The number of morpholine rings is 1. The van der Waals surface area contributed by atoms with E-state index >= 15 is 0 Å². The average Bonchev–Trinajstić information content (AvgIpc) is 3.27. The fraction of sp³-hybridized carbons (Fsp3) is 0.500. The average molecular weight is 427 g/mol. The molecule has 3 heterocycles. The number of hydrogen-bond acceptors (Lipinski definition) is 6. The van der Waals surface area contributed by atoms with Crippen molar-refractivity contribution in [3.05, 3.63) is 27.3 Å². The van der Waals surface area contributed by atoms with Crippen molar-refractivity contribution in [1.82, 2.24) is 10.2 Å². The molecule has 0 aromatic carbocycles. The van der Waals surface area contributed by atoms with Crippen LogP contribution >= 0.6 is 35.3 Å². The Hall–Kier alpha value is -1.26. The van der Waals surface area contributed by atoms with Gasteiger partial charge < -0.3 is 15.0 Å². The summed E-state index contributed by atoms with van der Waals surface area (Å²) in [5.74, 6) is -0.148. The Morgan fingerprint density at radius 3 is 2.96 bits per heavy atom. The van der Waals surface area contributed by atoms with Gasteiger partial charge in [-0.15, -0.1) is 11.3 Å². The van der Waals surface area contributed by atoms with Gasteiger partial charge in [-0.1, -0.05) is 30.0 Å². The van der Waals surface area contributed by atoms with E-state index in [-0.39, 0.29) is 18.2 Å². The van der Waals surface area contributed by atoms with Crippen LogP contribution in [-0.2, 0) is 14.3 Å². The van der Waals surface area contributed by atoms with Gasteiger partial charge >= 0.3 is 0 Å². The molecule has 2 aliphatic heterocycles. The highest BCUT2D eigenvalue weighted by molar-refractivity contribution is 8.26. The molecule has 6 nitrogen and oxygen atoms in total. The number of rotatable bonds is 8. The molecule has 0 saturated carbocycles. The lowest BCUT2D eigenvalue weighted by atomic mass is 10.3. The lowest BCUT2D eigenvalue weighted by molar-refractivity contribution is -0.908. The second-order valence-electron chi connectivity index (χ2n) is 6.41. The first-order chi connectivity index (χ1) is 13.1. The summed E-state index contributed by atoms with van der Waals surface area (Å²) >= 11 is 8.18. The van der Waals surface area contributed by atoms with Crippen LogP contribution in [0.2, 0.25) is 0 Å². The lowest BCUT2D eigenvalue weighted by Gasteiger charge is -2.23. The molecule has 2 N–H and O–H groups in total. The summed E-state index contributed by atoms with van der Waals surface area (Å²) in [6.45, 7) is 5.78. The Labute approximate surface area is 172 Å². The highest BCUT2D eigenvalue weighted by Crippen LogP contribution is 2.33. The van der Waals surface area contributed by atoms with Crippen molar-refractivity contribution in [2.45, 2.75) is 12.8 Å². The molecule has 1 aromatic rings. The number of amides is 2. The van der Waals surface area contributed by atoms with E-state index in [0.717, 1.165) is 44.1 Å². The summed E-state index contributed by atoms with van der Waals surface area (Å²) in [6, 6.07) is 3.91. The molecule has 0 aliphatic carbocycles. The fourth-order valence-electron chi connectivity index (χ4n) is 2.97. The third-order valence-electron chi connectivity index (χ3n) is 4.48. The Balaban J connectivity index is 1.37. The van der Waals surface area contributed by atoms with Gasteiger partial charge in [-0.05, 0) is 17.5 Å². The van der Waals surface area contributed by atoms with Crippen molar-refractivity contribution in [1.29, 1.82) is 0 Å². The molecule has 1 aromatic heterocycles. The zero-order valence-corrected chi connectivity index (χ0v) is 17.5. The summed E-state index contributed by atoms with van der Waals surface area (Å²) in [7, 11) is 0. The Bertz CT molecular complexity index is 700. The number of thiophene rings is 1. The maximum Gasteiger partial charge on any atom is 0.266 e. The van der Waals surface area contributed by atoms with Crippen molar-refractivity contribution >= 4 is 57.5 Å². The number of thioether (sulfide) groups is 1. The minimum absolute atomic E-state index is 0.0386. The van der Waals surface area contributed by atoms with Crippen LogP contribution in [0.5, 0.6) is 0 Å². The number of hydrogen-bond donors (Lipinski definition) is 2. The standard InChI is InChI=1S/C18H23N3O3S3/c22-16(19-5-2-6-20-8-10-24-11-9-20)4-7-21-17(23)15(27-18(21)25)13-14-3-1-12-26-14/h1,3,12-13H,2,4-11H2,(H,19,22)/p+1. The summed E-state index contributed by atoms with van der Waals surface area (Å²) in [5, 5.41) is 4.91. The maximum atomic E-state index is 12.5. The van der Waals surface area contributed by atoms with Crippen LogP contribution in [0.15, 0.2) is 22.4 Å². The molecular formula is C18H24N3O3S3+. The molecule has 0 atom stereocenters. The van der Waals surface area contributed by atoms with Crippen LogP contribution in [0.1, 0.15) is 17.7 Å². The van der Waals surface area contributed by atoms with Gasteiger partial charge in [0, 0.05) is 30.8 Å². The summed E-state index contributed by atoms with van der Waals surface area (Å²) in [4.78, 5) is 29.3. The zero-order valence-electron chi connectivity index (χ0n) is 15.1. The van der Waals surface area contributed by atoms with Crippen LogP contribution in [0.25, 0.3) is 6.08 Å². The van der Waals surface area contributed by atoms with Crippen molar-refractivity contribution in [3.63, 3.8) is 0 Å². The number of ether oxygens (including phenoxy) is 1. The minimum atomic E-state index is -0.109. The van der Waals surface area contributed by atoms with Crippen LogP contribution < -0.4 is 10.2 Å². The predicted octanol–water partition coefficient (Wildman–Crippen LogP) is 0.761. The first-order valence-corrected chi connectivity index (χ1v) is 11.2. The summed E-state index contributed by atoms with van der Waals surface area (Å²) in [6.07, 6.45) is 3.08. The molecule has 0 radical (unpaired) electrons. The number of quaternary nitrogens is 1. The topological polar surface area (TPSA) is 63.1 Å². The molecular weight excluding hydrogens is 402 g/mol. The third kappa shape index (κ3) is 6.11. The van der Waals surface area contributed by atoms with Gasteiger partial charge in [0.15, 0.2) is 0 Å². The molecule has 2 aliphatic rings. The van der Waals surface area contributed by atoms with Crippen LogP contribution in [-0.4, -0.2) is 67.0 Å². The zero-order chi connectivity index (χ0) is 19.1. The van der Waals surface area contributed by atoms with Crippen molar-refractivity contribution < 1.29 is 19.2 Å². The molecule has 2 amide bonds. The van der Waals surface area contributed by atoms with Crippen molar-refractivity contribution in [2.24, 2.45) is 0 Å². The van der Waals surface area contributed by atoms with E-state index in [2.05, 4.69) is 5.32 Å². The fourth-order valence-corrected chi connectivity index (χ4v) is 5.00. The van der Waals surface area contributed by atoms with Gasteiger partial charge in [0.25, 0.3) is 5.91 Å². The highest BCUT2D eigenvalue weighted by Gasteiger charge is 2.32. The van der Waals surface area contributed by atoms with Gasteiger partial charge in [0.2, 0.25) is 5.91 Å². The molecule has 9 heteroatoms. The number of carbonyl (C=O) groups is 2. The molecule has 0 spiro atoms. The first-order valence-electron chi connectivity index (χ1n) is 9.10. The Morgan fingerprint density at radius 1 is 1.41 bits per heavy atom. The molecule has 0 bridgehead atoms. The van der Waals surface area contributed by atoms with E-state index < -0.39 is 0 Å². The number of nitrogens with zero attached hydrogens (tertiary/aromatic N) is 1. The molecule has 146 valence electrons. The van der Waals surface area contributed by atoms with Crippen LogP contribution in [0.4, 0.5) is 0 Å². The molecule has 0 unspecified atom stereocenters. The van der Waals surface area contributed by atoms with Crippen LogP contribution in [0.3, 0.4) is 0 Å². The Kier molecular flexibility index (Phi) is 7.83. The smallest absolute Gasteiger partial charge is 0.266 e. The van der Waals surface area contributed by atoms with E-state index in [4.69, 9.17) is 17.0 Å². The van der Waals surface area contributed by atoms with E-state index in [0.29, 0.717) is 22.3 Å². The highest BCUT2D eigenvalue weighted by atomic mass is 32.2. The van der Waals surface area contributed by atoms with Gasteiger partial charge in [-0.2, -0.15) is 0 Å². The van der Waals surface area contributed by atoms with E-state index in [9.17, 15) is 9.59 Å². The number of nitrogens with one attached hydrogen (secondary N) is 2. The maximum absolute atomic E-state index is 12.5. The SMILES string of the molecule is O=C(CCN1C(=O)C(=Cc2cccs2)SC1=S)NCCC[NH+]1CCOCC1. The minimum Gasteiger partial charge on any atom is -0.370 e. The predicted molar refractivity (Wildman–Crippen MR) is 113 cm³/mol. The van der Waals surface area contributed by atoms with Crippen molar-refractivity contribution in [2.75, 3.05) is 45.9 Å². The van der Waals surface area contributed by atoms with Gasteiger partial charge in [-0.3, -0.25) is 14.5 Å². The summed E-state index contributed by atoms with van der Waals surface area (Å²) in [5.41, 5.74) is 0. The number of carbonyl (C=O) groups excluding carboxylic acids is 2. The molecule has 2 fully saturated rings. The Morgan fingerprint density at radius 2 is 2.22 bits per heavy atom. The van der Waals surface area contributed by atoms with Gasteiger partial charge in [-0.25, -0.2) is 0 Å². The quantitative estimate of drug-likeness (QED) is 0.365. The lowest BCUT2D eigenvalue weighted by Crippen LogP contribution is -3.14. The number of thiocarbonyl (C=S) groups is 1. The van der Waals surface area contributed by atoms with E-state index in [1.807, 2.05) is 23.6 Å². The van der Waals surface area contributed by atoms with E-state index in [1.54, 1.807) is 11.3 Å². The normalized spacial score (nSPS) is 19.9. The van der Waals surface area contributed by atoms with E-state index in [1.165, 1.54) is 21.6 Å². The molecule has 27 heavy (non-hydrogen) atoms. The van der Waals surface area contributed by atoms with Crippen molar-refractivity contribution in [3.8, 4) is 0 Å². The molecule has 3 rings (SSSR count). The largest absolute Gasteiger partial charge is 0.370 e. The third-order valence-corrected chi connectivity index (χ3v) is 6.68. The molecule has 2 saturated heterocycles. The second kappa shape index (κ2) is 10.3.